The van der Waals surface area contributed by atoms with Crippen LogP contribution in [0.1, 0.15) is 13.3 Å². The molecule has 32 heavy (non-hydrogen) atoms. The van der Waals surface area contributed by atoms with Gasteiger partial charge in [-0.05, 0) is 49.4 Å². The molecule has 0 radical (unpaired) electrons. The van der Waals surface area contributed by atoms with Crippen LogP contribution < -0.4 is 10.1 Å². The molecule has 1 heterocycles. The average Bonchev–Trinajstić information content (AvgIpc) is 2.67. The van der Waals surface area contributed by atoms with Crippen LogP contribution in [0.4, 0.5) is 20.2 Å². The highest BCUT2D eigenvalue weighted by molar-refractivity contribution is 8.15. The average molecular weight is 523 g/mol. The number of benzene rings is 2. The van der Waals surface area contributed by atoms with Gasteiger partial charge in [0.1, 0.15) is 11.0 Å². The number of carbonyl (C=O) groups excluding carboxylic acids is 2. The van der Waals surface area contributed by atoms with Crippen molar-refractivity contribution >= 4 is 74.9 Å². The van der Waals surface area contributed by atoms with Gasteiger partial charge in [-0.25, -0.2) is 4.99 Å². The van der Waals surface area contributed by atoms with Crippen LogP contribution in [0.2, 0.25) is 10.0 Å². The summed E-state index contributed by atoms with van der Waals surface area (Å²) in [6, 6.07) is 10.0. The second kappa shape index (κ2) is 10.2. The van der Waals surface area contributed by atoms with E-state index in [0.29, 0.717) is 33.1 Å². The number of hydrogen-bond acceptors (Lipinski definition) is 5. The number of aliphatic imine (C=N–C) groups is 1. The van der Waals surface area contributed by atoms with Crippen LogP contribution >= 0.6 is 46.6 Å². The number of thioether (sulfide) groups is 1. The highest BCUT2D eigenvalue weighted by Crippen LogP contribution is 2.32. The van der Waals surface area contributed by atoms with Gasteiger partial charge in [-0.15, -0.1) is 8.78 Å². The quantitative estimate of drug-likeness (QED) is 0.463. The minimum absolute atomic E-state index is 0.0186. The molecule has 12 heteroatoms. The van der Waals surface area contributed by atoms with Crippen LogP contribution in [0.25, 0.3) is 0 Å². The van der Waals surface area contributed by atoms with Crippen LogP contribution in [0.3, 0.4) is 0 Å². The van der Waals surface area contributed by atoms with Gasteiger partial charge >= 0.3 is 5.57 Å². The third-order valence-electron chi connectivity index (χ3n) is 4.17. The summed E-state index contributed by atoms with van der Waals surface area (Å²) in [5, 5.41) is 3.00. The van der Waals surface area contributed by atoms with Crippen molar-refractivity contribution in [3.05, 3.63) is 52.5 Å². The van der Waals surface area contributed by atoms with Gasteiger partial charge in [-0.3, -0.25) is 14.5 Å². The van der Waals surface area contributed by atoms with Crippen molar-refractivity contribution in [2.45, 2.75) is 24.2 Å². The number of carbonyl (C=O) groups is 2. The monoisotopic (exact) mass is 521 g/mol. The van der Waals surface area contributed by atoms with Crippen LogP contribution in [0, 0.1) is 0 Å². The van der Waals surface area contributed by atoms with Gasteiger partial charge in [-0.1, -0.05) is 35.0 Å². The number of amides is 2. The zero-order valence-electron chi connectivity index (χ0n) is 16.5. The lowest BCUT2D eigenvalue weighted by molar-refractivity contribution is -0.129. The fraction of sp³-hybridized carbons (Fsp3) is 0.250. The summed E-state index contributed by atoms with van der Waals surface area (Å²) >= 11 is 17.8. The first-order valence-electron chi connectivity index (χ1n) is 9.22. The van der Waals surface area contributed by atoms with Crippen molar-refractivity contribution in [2.75, 3.05) is 11.9 Å². The van der Waals surface area contributed by atoms with Crippen molar-refractivity contribution in [3.8, 4) is 5.75 Å². The molecular formula is C20H16Cl3F2N3O3S. The molecule has 1 aliphatic heterocycles. The van der Waals surface area contributed by atoms with E-state index in [1.54, 1.807) is 19.1 Å². The number of ether oxygens (including phenoxy) is 1. The zero-order valence-corrected chi connectivity index (χ0v) is 19.5. The molecule has 1 saturated heterocycles. The molecule has 170 valence electrons. The Morgan fingerprint density at radius 2 is 1.88 bits per heavy atom. The normalized spacial score (nSPS) is 18.1. The lowest BCUT2D eigenvalue weighted by Gasteiger charge is -2.31. The fourth-order valence-electron chi connectivity index (χ4n) is 2.83. The highest BCUT2D eigenvalue weighted by atomic mass is 35.5. The second-order valence-corrected chi connectivity index (χ2v) is 9.01. The minimum atomic E-state index is -3.83. The maximum Gasteiger partial charge on any atom is 0.487 e. The zero-order chi connectivity index (χ0) is 23.5. The standard InChI is InChI=1S/C20H16Cl3F2N3O3S/c1-2-28-17(29)10-16(18(30)26-14-8-11(21)7-12(22)9-14)32-19(28)27-13-3-5-15(6-4-13)31-20(23,24)25/h3-9,16H,2,10H2,1H3,(H,26,30)/t16-/m0/s1. The Hall–Kier alpha value is -2.07. The van der Waals surface area contributed by atoms with Crippen molar-refractivity contribution in [3.63, 3.8) is 0 Å². The minimum Gasteiger partial charge on any atom is -0.420 e. The number of rotatable bonds is 6. The fourth-order valence-corrected chi connectivity index (χ4v) is 4.61. The Bertz CT molecular complexity index is 1030. The maximum absolute atomic E-state index is 12.8. The third-order valence-corrected chi connectivity index (χ3v) is 5.87. The predicted octanol–water partition coefficient (Wildman–Crippen LogP) is 6.14. The Morgan fingerprint density at radius 3 is 2.44 bits per heavy atom. The molecule has 6 nitrogen and oxygen atoms in total. The lowest BCUT2D eigenvalue weighted by Crippen LogP contribution is -2.45. The Morgan fingerprint density at radius 1 is 1.25 bits per heavy atom. The van der Waals surface area contributed by atoms with Crippen molar-refractivity contribution in [1.82, 2.24) is 4.90 Å². The molecule has 2 aromatic carbocycles. The van der Waals surface area contributed by atoms with Crippen LogP contribution in [-0.4, -0.2) is 39.2 Å². The van der Waals surface area contributed by atoms with E-state index >= 15 is 0 Å². The SMILES string of the molecule is CCN1C(=O)C[C@@H](C(=O)Nc2cc(Cl)cc(Cl)c2)SC1=Nc1ccc(OC(F)(F)Cl)cc1. The van der Waals surface area contributed by atoms with Gasteiger partial charge in [0.2, 0.25) is 11.8 Å². The van der Waals surface area contributed by atoms with Gasteiger partial charge in [-0.2, -0.15) is 0 Å². The number of nitrogens with one attached hydrogen (secondary N) is 1. The molecule has 1 atom stereocenters. The lowest BCUT2D eigenvalue weighted by atomic mass is 10.2. The molecule has 0 unspecified atom stereocenters. The van der Waals surface area contributed by atoms with E-state index in [2.05, 4.69) is 15.0 Å². The summed E-state index contributed by atoms with van der Waals surface area (Å²) in [6.45, 7) is 2.13. The molecule has 1 N–H and O–H groups in total. The van der Waals surface area contributed by atoms with E-state index in [4.69, 9.17) is 34.8 Å². The van der Waals surface area contributed by atoms with E-state index in [9.17, 15) is 18.4 Å². The van der Waals surface area contributed by atoms with Gasteiger partial charge in [0.15, 0.2) is 5.17 Å². The number of anilines is 1. The molecule has 0 aliphatic carbocycles. The van der Waals surface area contributed by atoms with E-state index in [1.807, 2.05) is 0 Å². The maximum atomic E-state index is 12.8. The van der Waals surface area contributed by atoms with Gasteiger partial charge in [0, 0.05) is 40.3 Å². The molecule has 2 aromatic rings. The molecule has 2 amide bonds. The molecule has 0 bridgehead atoms. The summed E-state index contributed by atoms with van der Waals surface area (Å²) in [5.74, 6) is -0.819. The van der Waals surface area contributed by atoms with Crippen molar-refractivity contribution in [2.24, 2.45) is 4.99 Å². The molecule has 0 aromatic heterocycles. The van der Waals surface area contributed by atoms with Crippen LogP contribution in [0.15, 0.2) is 47.5 Å². The van der Waals surface area contributed by atoms with Gasteiger partial charge in [0.05, 0.1) is 5.69 Å². The molecule has 1 aliphatic rings. The molecular weight excluding hydrogens is 507 g/mol. The third kappa shape index (κ3) is 6.71. The van der Waals surface area contributed by atoms with E-state index < -0.39 is 16.7 Å². The largest absolute Gasteiger partial charge is 0.487 e. The number of nitrogens with zero attached hydrogens (tertiary/aromatic N) is 2. The van der Waals surface area contributed by atoms with E-state index in [-0.39, 0.29) is 18.1 Å². The first-order valence-corrected chi connectivity index (χ1v) is 11.2. The molecule has 1 fully saturated rings. The highest BCUT2D eigenvalue weighted by Gasteiger charge is 2.35. The number of hydrogen-bond donors (Lipinski definition) is 1. The molecule has 3 rings (SSSR count). The van der Waals surface area contributed by atoms with E-state index in [1.165, 1.54) is 35.2 Å². The van der Waals surface area contributed by atoms with Crippen molar-refractivity contribution in [1.29, 1.82) is 0 Å². The number of halogens is 5. The smallest absolute Gasteiger partial charge is 0.420 e. The molecule has 0 saturated carbocycles. The summed E-state index contributed by atoms with van der Waals surface area (Å²) in [6.07, 6.45) is -0.0186. The topological polar surface area (TPSA) is 71.0 Å². The Labute approximate surface area is 201 Å². The van der Waals surface area contributed by atoms with E-state index in [0.717, 1.165) is 11.8 Å². The van der Waals surface area contributed by atoms with Crippen LogP contribution in [-0.2, 0) is 9.59 Å². The Kier molecular flexibility index (Phi) is 7.87. The summed E-state index contributed by atoms with van der Waals surface area (Å²) in [7, 11) is 0. The van der Waals surface area contributed by atoms with Crippen LogP contribution in [0.5, 0.6) is 5.75 Å². The summed E-state index contributed by atoms with van der Waals surface area (Å²) in [4.78, 5) is 31.2. The Balaban J connectivity index is 1.78. The number of amidine groups is 1. The summed E-state index contributed by atoms with van der Waals surface area (Å²) < 4.78 is 29.8. The second-order valence-electron chi connectivity index (χ2n) is 6.53. The van der Waals surface area contributed by atoms with Gasteiger partial charge in [0.25, 0.3) is 0 Å². The van der Waals surface area contributed by atoms with Crippen molar-refractivity contribution < 1.29 is 23.1 Å². The first-order chi connectivity index (χ1) is 15.0. The predicted molar refractivity (Wildman–Crippen MR) is 123 cm³/mol. The molecule has 0 spiro atoms. The number of alkyl halides is 3. The summed E-state index contributed by atoms with van der Waals surface area (Å²) in [5.41, 5.74) is -3.04. The first kappa shape index (κ1) is 24.6. The van der Waals surface area contributed by atoms with Gasteiger partial charge < -0.3 is 10.1 Å².